The summed E-state index contributed by atoms with van der Waals surface area (Å²) < 4.78 is 5.52. The summed E-state index contributed by atoms with van der Waals surface area (Å²) in [5.41, 5.74) is 2.84. The number of anilines is 2. The Labute approximate surface area is 157 Å². The zero-order valence-electron chi connectivity index (χ0n) is 14.0. The number of nitrogens with one attached hydrogen (secondary N) is 2. The van der Waals surface area contributed by atoms with Crippen LogP contribution in [-0.4, -0.2) is 22.9 Å². The number of benzene rings is 1. The minimum Gasteiger partial charge on any atom is -0.479 e. The number of hydrogen-bond acceptors (Lipinski definition) is 6. The molecule has 3 aromatic rings. The van der Waals surface area contributed by atoms with Crippen molar-refractivity contribution in [1.82, 2.24) is 4.98 Å². The number of aromatic nitrogens is 1. The van der Waals surface area contributed by atoms with Gasteiger partial charge in [0.2, 0.25) is 0 Å². The Hall–Kier alpha value is -2.71. The minimum atomic E-state index is -0.529. The molecule has 0 saturated heterocycles. The zero-order chi connectivity index (χ0) is 18.3. The molecule has 26 heavy (non-hydrogen) atoms. The topological polar surface area (TPSA) is 80.3 Å². The second-order valence-corrected chi connectivity index (χ2v) is 7.64. The van der Waals surface area contributed by atoms with Crippen molar-refractivity contribution in [1.29, 1.82) is 0 Å². The summed E-state index contributed by atoms with van der Waals surface area (Å²) in [7, 11) is 0. The number of aryl methyl sites for hydroxylation is 1. The normalized spacial score (nSPS) is 15.8. The van der Waals surface area contributed by atoms with E-state index in [0.717, 1.165) is 10.6 Å². The van der Waals surface area contributed by atoms with Crippen LogP contribution in [-0.2, 0) is 4.79 Å². The van der Waals surface area contributed by atoms with Crippen LogP contribution in [0.4, 0.5) is 11.4 Å². The van der Waals surface area contributed by atoms with Crippen LogP contribution in [0.15, 0.2) is 35.0 Å². The Balaban J connectivity index is 1.56. The van der Waals surface area contributed by atoms with E-state index >= 15 is 0 Å². The van der Waals surface area contributed by atoms with Gasteiger partial charge < -0.3 is 15.4 Å². The van der Waals surface area contributed by atoms with Crippen molar-refractivity contribution in [3.63, 3.8) is 0 Å². The number of amides is 2. The fraction of sp³-hybridized carbons (Fsp3) is 0.167. The summed E-state index contributed by atoms with van der Waals surface area (Å²) in [6.45, 7) is 3.51. The molecule has 0 bridgehead atoms. The summed E-state index contributed by atoms with van der Waals surface area (Å²) >= 11 is 2.96. The van der Waals surface area contributed by atoms with Gasteiger partial charge in [-0.1, -0.05) is 0 Å². The van der Waals surface area contributed by atoms with Gasteiger partial charge in [-0.15, -0.1) is 11.3 Å². The van der Waals surface area contributed by atoms with Gasteiger partial charge in [0.05, 0.1) is 11.4 Å². The Bertz CT molecular complexity index is 995. The molecular weight excluding hydrogens is 370 g/mol. The summed E-state index contributed by atoms with van der Waals surface area (Å²) in [5, 5.41) is 10.5. The fourth-order valence-electron chi connectivity index (χ4n) is 2.59. The molecule has 2 amide bonds. The Morgan fingerprint density at radius 1 is 1.35 bits per heavy atom. The molecule has 4 rings (SSSR count). The van der Waals surface area contributed by atoms with Gasteiger partial charge in [-0.05, 0) is 43.5 Å². The average Bonchev–Trinajstić information content (AvgIpc) is 3.25. The molecule has 0 radical (unpaired) electrons. The largest absolute Gasteiger partial charge is 0.479 e. The van der Waals surface area contributed by atoms with E-state index in [2.05, 4.69) is 15.6 Å². The van der Waals surface area contributed by atoms with Crippen molar-refractivity contribution < 1.29 is 14.3 Å². The molecule has 6 nitrogen and oxygen atoms in total. The number of hydrogen-bond donors (Lipinski definition) is 2. The van der Waals surface area contributed by atoms with E-state index in [9.17, 15) is 9.59 Å². The molecule has 1 aliphatic heterocycles. The van der Waals surface area contributed by atoms with Gasteiger partial charge in [-0.2, -0.15) is 11.3 Å². The molecule has 2 aromatic heterocycles. The van der Waals surface area contributed by atoms with Gasteiger partial charge >= 0.3 is 0 Å². The first-order chi connectivity index (χ1) is 12.5. The number of nitrogens with zero attached hydrogens (tertiary/aromatic N) is 1. The lowest BCUT2D eigenvalue weighted by Gasteiger charge is -2.23. The lowest BCUT2D eigenvalue weighted by molar-refractivity contribution is -0.122. The lowest BCUT2D eigenvalue weighted by atomic mass is 10.2. The van der Waals surface area contributed by atoms with E-state index in [1.54, 1.807) is 36.5 Å². The molecule has 0 saturated carbocycles. The van der Waals surface area contributed by atoms with Crippen LogP contribution in [0, 0.1) is 6.92 Å². The van der Waals surface area contributed by atoms with Gasteiger partial charge in [0, 0.05) is 16.6 Å². The maximum absolute atomic E-state index is 12.6. The minimum absolute atomic E-state index is 0.209. The van der Waals surface area contributed by atoms with E-state index in [-0.39, 0.29) is 11.8 Å². The summed E-state index contributed by atoms with van der Waals surface area (Å²) in [6.07, 6.45) is -0.529. The zero-order valence-corrected chi connectivity index (χ0v) is 15.7. The maximum atomic E-state index is 12.6. The highest BCUT2D eigenvalue weighted by atomic mass is 32.1. The number of carbonyl (C=O) groups excluding carboxylic acids is 2. The van der Waals surface area contributed by atoms with E-state index in [1.807, 2.05) is 23.8 Å². The van der Waals surface area contributed by atoms with Crippen molar-refractivity contribution in [2.45, 2.75) is 20.0 Å². The van der Waals surface area contributed by atoms with Crippen molar-refractivity contribution in [3.8, 4) is 16.3 Å². The van der Waals surface area contributed by atoms with Crippen molar-refractivity contribution >= 4 is 45.9 Å². The third kappa shape index (κ3) is 3.09. The predicted molar refractivity (Wildman–Crippen MR) is 103 cm³/mol. The number of fused-ring (bicyclic) bond motifs is 1. The number of thiophene rings is 1. The molecule has 2 N–H and O–H groups in total. The molecule has 3 heterocycles. The van der Waals surface area contributed by atoms with Crippen LogP contribution in [0.1, 0.15) is 22.3 Å². The molecule has 0 unspecified atom stereocenters. The molecular formula is C18H15N3O3S2. The third-order valence-corrected chi connectivity index (χ3v) is 5.83. The standard InChI is InChI=1S/C18H15N3O3S2/c1-9-15(26-18(19-9)11-5-6-25-8-11)17(23)20-12-3-4-14-13(7-12)21-16(22)10(2)24-14/h3-8,10H,1-2H3,(H,20,23)(H,21,22)/t10-/m1/s1. The third-order valence-electron chi connectivity index (χ3n) is 3.94. The molecule has 1 aromatic carbocycles. The number of ether oxygens (including phenoxy) is 1. The fourth-order valence-corrected chi connectivity index (χ4v) is 4.26. The molecule has 0 spiro atoms. The number of thiazole rings is 1. The van der Waals surface area contributed by atoms with Gasteiger partial charge in [0.25, 0.3) is 11.8 Å². The Kier molecular flexibility index (Phi) is 4.21. The van der Waals surface area contributed by atoms with Gasteiger partial charge in [-0.3, -0.25) is 9.59 Å². The first-order valence-electron chi connectivity index (χ1n) is 7.94. The highest BCUT2D eigenvalue weighted by Crippen LogP contribution is 2.33. The van der Waals surface area contributed by atoms with Crippen molar-refractivity contribution in [2.75, 3.05) is 10.6 Å². The highest BCUT2D eigenvalue weighted by Gasteiger charge is 2.24. The molecule has 8 heteroatoms. The van der Waals surface area contributed by atoms with Gasteiger partial charge in [-0.25, -0.2) is 4.98 Å². The van der Waals surface area contributed by atoms with Crippen molar-refractivity contribution in [3.05, 3.63) is 45.6 Å². The quantitative estimate of drug-likeness (QED) is 0.710. The van der Waals surface area contributed by atoms with Gasteiger partial charge in [0.1, 0.15) is 15.6 Å². The van der Waals surface area contributed by atoms with Crippen molar-refractivity contribution in [2.24, 2.45) is 0 Å². The van der Waals surface area contributed by atoms with E-state index in [1.165, 1.54) is 11.3 Å². The molecule has 1 atom stereocenters. The monoisotopic (exact) mass is 385 g/mol. The van der Waals surface area contributed by atoms with E-state index in [0.29, 0.717) is 27.7 Å². The second-order valence-electron chi connectivity index (χ2n) is 5.86. The summed E-state index contributed by atoms with van der Waals surface area (Å²) in [6, 6.07) is 7.15. The van der Waals surface area contributed by atoms with E-state index < -0.39 is 6.10 Å². The Morgan fingerprint density at radius 2 is 2.19 bits per heavy atom. The highest BCUT2D eigenvalue weighted by molar-refractivity contribution is 7.17. The molecule has 1 aliphatic rings. The predicted octanol–water partition coefficient (Wildman–Crippen LogP) is 4.15. The second kappa shape index (κ2) is 6.54. The number of rotatable bonds is 3. The van der Waals surface area contributed by atoms with Crippen LogP contribution in [0.5, 0.6) is 5.75 Å². The lowest BCUT2D eigenvalue weighted by Crippen LogP contribution is -2.34. The van der Waals surface area contributed by atoms with Crippen LogP contribution >= 0.6 is 22.7 Å². The first-order valence-corrected chi connectivity index (χ1v) is 9.70. The molecule has 0 aliphatic carbocycles. The van der Waals surface area contributed by atoms with Crippen LogP contribution in [0.25, 0.3) is 10.6 Å². The smallest absolute Gasteiger partial charge is 0.267 e. The first kappa shape index (κ1) is 16.7. The summed E-state index contributed by atoms with van der Waals surface area (Å²) in [4.78, 5) is 29.4. The maximum Gasteiger partial charge on any atom is 0.267 e. The van der Waals surface area contributed by atoms with Crippen LogP contribution < -0.4 is 15.4 Å². The number of carbonyl (C=O) groups is 2. The Morgan fingerprint density at radius 3 is 2.96 bits per heavy atom. The van der Waals surface area contributed by atoms with Gasteiger partial charge in [0.15, 0.2) is 6.10 Å². The molecule has 0 fully saturated rings. The average molecular weight is 385 g/mol. The van der Waals surface area contributed by atoms with E-state index in [4.69, 9.17) is 4.74 Å². The molecule has 132 valence electrons. The summed E-state index contributed by atoms with van der Waals surface area (Å²) in [5.74, 6) is 0.154. The van der Waals surface area contributed by atoms with Crippen LogP contribution in [0.3, 0.4) is 0 Å². The van der Waals surface area contributed by atoms with Crippen LogP contribution in [0.2, 0.25) is 0 Å². The SMILES string of the molecule is Cc1nc(-c2ccsc2)sc1C(=O)Nc1ccc2c(c1)NC(=O)[C@@H](C)O2.